The first-order chi connectivity index (χ1) is 11.5. The summed E-state index contributed by atoms with van der Waals surface area (Å²) in [5, 5.41) is 14.5. The molecule has 0 aromatic heterocycles. The van der Waals surface area contributed by atoms with E-state index in [1.54, 1.807) is 17.0 Å². The Morgan fingerprint density at radius 3 is 2.46 bits per heavy atom. The second-order valence-corrected chi connectivity index (χ2v) is 7.24. The maximum absolute atomic E-state index is 12.7. The van der Waals surface area contributed by atoms with E-state index < -0.39 is 4.92 Å². The van der Waals surface area contributed by atoms with Gasteiger partial charge < -0.3 is 10.2 Å². The van der Waals surface area contributed by atoms with Gasteiger partial charge in [-0.2, -0.15) is 0 Å². The molecule has 130 valence electrons. The van der Waals surface area contributed by atoms with E-state index in [0.29, 0.717) is 17.3 Å². The Bertz CT molecular complexity index is 634. The van der Waals surface area contributed by atoms with Gasteiger partial charge in [0.1, 0.15) is 5.69 Å². The molecule has 1 amide bonds. The van der Waals surface area contributed by atoms with Crippen LogP contribution in [0.5, 0.6) is 0 Å². The Morgan fingerprint density at radius 2 is 1.88 bits per heavy atom. The van der Waals surface area contributed by atoms with E-state index in [0.717, 1.165) is 44.4 Å². The van der Waals surface area contributed by atoms with Gasteiger partial charge in [-0.15, -0.1) is 0 Å². The van der Waals surface area contributed by atoms with Crippen LogP contribution >= 0.6 is 0 Å². The highest BCUT2D eigenvalue weighted by atomic mass is 16.6. The molecule has 0 atom stereocenters. The molecule has 0 unspecified atom stereocenters. The molecule has 0 spiro atoms. The van der Waals surface area contributed by atoms with Crippen LogP contribution in [0.2, 0.25) is 0 Å². The third kappa shape index (κ3) is 3.68. The van der Waals surface area contributed by atoms with E-state index in [1.165, 1.54) is 6.07 Å². The van der Waals surface area contributed by atoms with Crippen LogP contribution in [0.3, 0.4) is 0 Å². The zero-order chi connectivity index (χ0) is 17.3. The zero-order valence-electron chi connectivity index (χ0n) is 14.3. The third-order valence-corrected chi connectivity index (χ3v) is 5.23. The zero-order valence-corrected chi connectivity index (χ0v) is 14.3. The number of rotatable bonds is 5. The molecular formula is C18H25N3O3. The van der Waals surface area contributed by atoms with Gasteiger partial charge in [-0.3, -0.25) is 14.9 Å². The van der Waals surface area contributed by atoms with Crippen molar-refractivity contribution in [2.24, 2.45) is 5.92 Å². The summed E-state index contributed by atoms with van der Waals surface area (Å²) < 4.78 is 0. The van der Waals surface area contributed by atoms with Crippen molar-refractivity contribution in [3.8, 4) is 0 Å². The highest BCUT2D eigenvalue weighted by Crippen LogP contribution is 2.32. The smallest absolute Gasteiger partial charge is 0.293 e. The van der Waals surface area contributed by atoms with Crippen LogP contribution < -0.4 is 5.32 Å². The number of nitro groups is 1. The van der Waals surface area contributed by atoms with Crippen LogP contribution in [0.25, 0.3) is 0 Å². The van der Waals surface area contributed by atoms with Crippen molar-refractivity contribution in [3.05, 3.63) is 33.9 Å². The summed E-state index contributed by atoms with van der Waals surface area (Å²) in [4.78, 5) is 25.4. The van der Waals surface area contributed by atoms with Crippen LogP contribution in [0.4, 0.5) is 11.4 Å². The predicted octanol–water partition coefficient (Wildman–Crippen LogP) is 3.82. The van der Waals surface area contributed by atoms with Gasteiger partial charge in [0.05, 0.1) is 4.92 Å². The topological polar surface area (TPSA) is 75.5 Å². The number of nitro benzene ring substituents is 1. The van der Waals surface area contributed by atoms with E-state index in [2.05, 4.69) is 12.2 Å². The fourth-order valence-corrected chi connectivity index (χ4v) is 3.38. The first-order valence-electron chi connectivity index (χ1n) is 8.78. The van der Waals surface area contributed by atoms with E-state index in [4.69, 9.17) is 0 Å². The second-order valence-electron chi connectivity index (χ2n) is 7.24. The molecule has 1 N–H and O–H groups in total. The monoisotopic (exact) mass is 331 g/mol. The molecule has 1 aromatic rings. The molecule has 6 nitrogen and oxygen atoms in total. The number of nitrogens with one attached hydrogen (secondary N) is 1. The highest BCUT2D eigenvalue weighted by Gasteiger charge is 2.28. The largest absolute Gasteiger partial charge is 0.377 e. The fraction of sp³-hybridized carbons (Fsp3) is 0.611. The number of anilines is 1. The normalized spacial score (nSPS) is 23.6. The molecule has 24 heavy (non-hydrogen) atoms. The Kier molecular flexibility index (Phi) is 4.73. The summed E-state index contributed by atoms with van der Waals surface area (Å²) in [5.41, 5.74) is 0.885. The van der Waals surface area contributed by atoms with Crippen molar-refractivity contribution in [2.75, 3.05) is 12.4 Å². The number of carbonyl (C=O) groups is 1. The molecule has 2 aliphatic rings. The summed E-state index contributed by atoms with van der Waals surface area (Å²) in [6.45, 7) is 2.24. The minimum atomic E-state index is -0.413. The predicted molar refractivity (Wildman–Crippen MR) is 93.3 cm³/mol. The molecule has 0 aliphatic heterocycles. The Labute approximate surface area is 142 Å². The molecule has 2 fully saturated rings. The lowest BCUT2D eigenvalue weighted by atomic mass is 9.86. The van der Waals surface area contributed by atoms with Crippen molar-refractivity contribution >= 4 is 17.3 Å². The summed E-state index contributed by atoms with van der Waals surface area (Å²) >= 11 is 0. The molecule has 0 bridgehead atoms. The van der Waals surface area contributed by atoms with E-state index in [1.807, 2.05) is 7.05 Å². The standard InChI is InChI=1S/C18H25N3O3/c1-12-3-8-15(9-4-12)20(2)18(22)13-5-10-16(19-14-6-7-14)17(11-13)21(23)24/h5,10-12,14-15,19H,3-4,6-9H2,1-2H3. The molecule has 3 rings (SSSR count). The molecule has 6 heteroatoms. The molecule has 2 saturated carbocycles. The van der Waals surface area contributed by atoms with Crippen molar-refractivity contribution < 1.29 is 9.72 Å². The maximum atomic E-state index is 12.7. The van der Waals surface area contributed by atoms with E-state index in [9.17, 15) is 14.9 Å². The first-order valence-corrected chi connectivity index (χ1v) is 8.78. The summed E-state index contributed by atoms with van der Waals surface area (Å²) in [5.74, 6) is 0.592. The number of hydrogen-bond acceptors (Lipinski definition) is 4. The SMILES string of the molecule is CC1CCC(N(C)C(=O)c2ccc(NC3CC3)c([N+](=O)[O-])c2)CC1. The van der Waals surface area contributed by atoms with Crippen LogP contribution in [0.1, 0.15) is 55.8 Å². The number of carbonyl (C=O) groups excluding carboxylic acids is 1. The molecule has 0 saturated heterocycles. The molecule has 2 aliphatic carbocycles. The minimum absolute atomic E-state index is 0.0154. The Hall–Kier alpha value is -2.11. The number of hydrogen-bond donors (Lipinski definition) is 1. The van der Waals surface area contributed by atoms with Crippen molar-refractivity contribution in [2.45, 2.75) is 57.5 Å². The lowest BCUT2D eigenvalue weighted by Crippen LogP contribution is -2.39. The Morgan fingerprint density at radius 1 is 1.21 bits per heavy atom. The van der Waals surface area contributed by atoms with E-state index >= 15 is 0 Å². The molecule has 0 heterocycles. The van der Waals surface area contributed by atoms with Crippen LogP contribution in [-0.2, 0) is 0 Å². The van der Waals surface area contributed by atoms with Gasteiger partial charge in [0, 0.05) is 30.8 Å². The lowest BCUT2D eigenvalue weighted by molar-refractivity contribution is -0.384. The van der Waals surface area contributed by atoms with Gasteiger partial charge in [-0.05, 0) is 56.6 Å². The maximum Gasteiger partial charge on any atom is 0.293 e. The Balaban J connectivity index is 1.76. The molecule has 1 aromatic carbocycles. The van der Waals surface area contributed by atoms with Gasteiger partial charge in [0.25, 0.3) is 11.6 Å². The number of amides is 1. The average molecular weight is 331 g/mol. The molecular weight excluding hydrogens is 306 g/mol. The summed E-state index contributed by atoms with van der Waals surface area (Å²) in [6.07, 6.45) is 6.36. The third-order valence-electron chi connectivity index (χ3n) is 5.23. The van der Waals surface area contributed by atoms with E-state index in [-0.39, 0.29) is 17.6 Å². The van der Waals surface area contributed by atoms with Crippen LogP contribution in [-0.4, -0.2) is 34.9 Å². The van der Waals surface area contributed by atoms with Gasteiger partial charge in [-0.1, -0.05) is 6.92 Å². The van der Waals surface area contributed by atoms with Gasteiger partial charge in [0.15, 0.2) is 0 Å². The number of nitrogens with zero attached hydrogens (tertiary/aromatic N) is 2. The van der Waals surface area contributed by atoms with Crippen molar-refractivity contribution in [1.82, 2.24) is 4.90 Å². The van der Waals surface area contributed by atoms with Gasteiger partial charge in [0.2, 0.25) is 0 Å². The van der Waals surface area contributed by atoms with Crippen molar-refractivity contribution in [1.29, 1.82) is 0 Å². The van der Waals surface area contributed by atoms with Crippen LogP contribution in [0, 0.1) is 16.0 Å². The summed E-state index contributed by atoms with van der Waals surface area (Å²) in [7, 11) is 1.81. The van der Waals surface area contributed by atoms with Gasteiger partial charge in [-0.25, -0.2) is 0 Å². The average Bonchev–Trinajstić information content (AvgIpc) is 3.38. The highest BCUT2D eigenvalue weighted by molar-refractivity contribution is 5.95. The first kappa shape index (κ1) is 16.7. The van der Waals surface area contributed by atoms with Crippen molar-refractivity contribution in [3.63, 3.8) is 0 Å². The second kappa shape index (κ2) is 6.79. The summed E-state index contributed by atoms with van der Waals surface area (Å²) in [6, 6.07) is 5.34. The lowest BCUT2D eigenvalue weighted by Gasteiger charge is -2.33. The minimum Gasteiger partial charge on any atom is -0.377 e. The quantitative estimate of drug-likeness (QED) is 0.657. The molecule has 0 radical (unpaired) electrons. The fourth-order valence-electron chi connectivity index (χ4n) is 3.38. The number of benzene rings is 1. The van der Waals surface area contributed by atoms with Crippen LogP contribution in [0.15, 0.2) is 18.2 Å². The van der Waals surface area contributed by atoms with Gasteiger partial charge >= 0.3 is 0 Å².